The van der Waals surface area contributed by atoms with Crippen LogP contribution in [0.25, 0.3) is 0 Å². The van der Waals surface area contributed by atoms with Crippen LogP contribution in [-0.2, 0) is 6.54 Å². The van der Waals surface area contributed by atoms with E-state index in [-0.39, 0.29) is 0 Å². The maximum atomic E-state index is 10.5. The van der Waals surface area contributed by atoms with Gasteiger partial charge in [0.05, 0.1) is 25.0 Å². The number of aromatic nitrogens is 1. The molecule has 1 aliphatic rings. The van der Waals surface area contributed by atoms with E-state index >= 15 is 0 Å². The van der Waals surface area contributed by atoms with E-state index in [1.54, 1.807) is 0 Å². The lowest BCUT2D eigenvalue weighted by Gasteiger charge is -2.20. The van der Waals surface area contributed by atoms with Crippen molar-refractivity contribution in [2.45, 2.75) is 26.0 Å². The molecule has 0 fully saturated rings. The second kappa shape index (κ2) is 7.02. The molecule has 1 atom stereocenters. The summed E-state index contributed by atoms with van der Waals surface area (Å²) in [6.45, 7) is 4.28. The quantitative estimate of drug-likeness (QED) is 0.912. The molecule has 1 aromatic heterocycles. The van der Waals surface area contributed by atoms with E-state index in [1.165, 1.54) is 0 Å². The highest BCUT2D eigenvalue weighted by molar-refractivity contribution is 5.44. The van der Waals surface area contributed by atoms with Crippen molar-refractivity contribution in [2.24, 2.45) is 0 Å². The third-order valence-corrected chi connectivity index (χ3v) is 3.75. The molecule has 6 nitrogen and oxygen atoms in total. The number of aliphatic hydroxyl groups excluding tert-OH is 1. The smallest absolute Gasteiger partial charge is 0.161 e. The molecule has 6 heteroatoms. The zero-order valence-corrected chi connectivity index (χ0v) is 13.5. The Balaban J connectivity index is 1.63. The topological polar surface area (TPSA) is 68.0 Å². The molecular formula is C17H22N2O4. The van der Waals surface area contributed by atoms with E-state index < -0.39 is 6.10 Å². The fourth-order valence-electron chi connectivity index (χ4n) is 2.62. The number of hydrogen-bond donors (Lipinski definition) is 1. The van der Waals surface area contributed by atoms with E-state index in [0.29, 0.717) is 32.1 Å². The predicted octanol–water partition coefficient (Wildman–Crippen LogP) is 2.31. The number of hydrogen-bond acceptors (Lipinski definition) is 6. The highest BCUT2D eigenvalue weighted by Crippen LogP contribution is 2.32. The Hall–Kier alpha value is -2.05. The monoisotopic (exact) mass is 318 g/mol. The average Bonchev–Trinajstić information content (AvgIpc) is 2.79. The van der Waals surface area contributed by atoms with Crippen molar-refractivity contribution in [3.8, 4) is 11.5 Å². The van der Waals surface area contributed by atoms with Crippen LogP contribution in [0, 0.1) is 6.92 Å². The van der Waals surface area contributed by atoms with Crippen molar-refractivity contribution in [2.75, 3.05) is 26.8 Å². The number of aryl methyl sites for hydroxylation is 1. The highest BCUT2D eigenvalue weighted by atomic mass is 16.5. The summed E-state index contributed by atoms with van der Waals surface area (Å²) < 4.78 is 16.3. The van der Waals surface area contributed by atoms with Crippen molar-refractivity contribution < 1.29 is 19.1 Å². The van der Waals surface area contributed by atoms with Crippen LogP contribution in [0.2, 0.25) is 0 Å². The summed E-state index contributed by atoms with van der Waals surface area (Å²) in [4.78, 5) is 2.00. The van der Waals surface area contributed by atoms with Crippen LogP contribution in [-0.4, -0.2) is 42.0 Å². The van der Waals surface area contributed by atoms with Crippen molar-refractivity contribution in [3.05, 3.63) is 41.3 Å². The molecule has 0 amide bonds. The van der Waals surface area contributed by atoms with Crippen molar-refractivity contribution in [1.29, 1.82) is 0 Å². The standard InChI is InChI=1S/C17H22N2O4/c1-12-8-14(18-23-12)10-19(2)11-15(20)13-4-5-16-17(9-13)22-7-3-6-21-16/h4-5,8-9,15,20H,3,6-7,10-11H2,1-2H3/t15-/m1/s1. The number of likely N-dealkylation sites (N-methyl/N-ethyl adjacent to an activating group) is 1. The van der Waals surface area contributed by atoms with E-state index in [2.05, 4.69) is 5.16 Å². The molecule has 0 unspecified atom stereocenters. The van der Waals surface area contributed by atoms with Crippen molar-refractivity contribution in [3.63, 3.8) is 0 Å². The average molecular weight is 318 g/mol. The molecule has 0 aliphatic carbocycles. The van der Waals surface area contributed by atoms with Crippen LogP contribution in [0.5, 0.6) is 11.5 Å². The molecule has 1 aromatic carbocycles. The Morgan fingerprint density at radius 2 is 2.00 bits per heavy atom. The van der Waals surface area contributed by atoms with E-state index in [1.807, 2.05) is 43.1 Å². The Morgan fingerprint density at radius 1 is 1.22 bits per heavy atom. The van der Waals surface area contributed by atoms with Gasteiger partial charge in [0.2, 0.25) is 0 Å². The number of ether oxygens (including phenoxy) is 2. The largest absolute Gasteiger partial charge is 0.490 e. The van der Waals surface area contributed by atoms with Crippen LogP contribution in [0.4, 0.5) is 0 Å². The molecule has 2 heterocycles. The lowest BCUT2D eigenvalue weighted by molar-refractivity contribution is 0.122. The molecule has 23 heavy (non-hydrogen) atoms. The van der Waals surface area contributed by atoms with E-state index in [0.717, 1.165) is 29.2 Å². The van der Waals surface area contributed by atoms with Gasteiger partial charge in [-0.3, -0.25) is 4.90 Å². The number of benzene rings is 1. The first-order valence-electron chi connectivity index (χ1n) is 7.80. The molecule has 1 N–H and O–H groups in total. The molecule has 0 saturated heterocycles. The minimum Gasteiger partial charge on any atom is -0.490 e. The van der Waals surface area contributed by atoms with Crippen LogP contribution in [0.3, 0.4) is 0 Å². The zero-order valence-electron chi connectivity index (χ0n) is 13.5. The Bertz CT molecular complexity index is 656. The molecule has 0 radical (unpaired) electrons. The molecule has 0 bridgehead atoms. The van der Waals surface area contributed by atoms with Crippen molar-refractivity contribution in [1.82, 2.24) is 10.1 Å². The SMILES string of the molecule is Cc1cc(CN(C)C[C@@H](O)c2ccc3c(c2)OCCCO3)no1. The summed E-state index contributed by atoms with van der Waals surface area (Å²) in [5, 5.41) is 14.4. The van der Waals surface area contributed by atoms with E-state index in [4.69, 9.17) is 14.0 Å². The fraction of sp³-hybridized carbons (Fsp3) is 0.471. The zero-order chi connectivity index (χ0) is 16.2. The van der Waals surface area contributed by atoms with Gasteiger partial charge in [-0.25, -0.2) is 0 Å². The van der Waals surface area contributed by atoms with Gasteiger partial charge < -0.3 is 19.1 Å². The third kappa shape index (κ3) is 4.03. The van der Waals surface area contributed by atoms with Crippen LogP contribution in [0.15, 0.2) is 28.8 Å². The number of aliphatic hydroxyl groups is 1. The molecular weight excluding hydrogens is 296 g/mol. The summed E-state index contributed by atoms with van der Waals surface area (Å²) in [7, 11) is 1.94. The number of nitrogens with zero attached hydrogens (tertiary/aromatic N) is 2. The summed E-state index contributed by atoms with van der Waals surface area (Å²) in [6, 6.07) is 7.50. The van der Waals surface area contributed by atoms with Crippen LogP contribution >= 0.6 is 0 Å². The fourth-order valence-corrected chi connectivity index (χ4v) is 2.62. The molecule has 0 saturated carbocycles. The third-order valence-electron chi connectivity index (χ3n) is 3.75. The second-order valence-corrected chi connectivity index (χ2v) is 5.90. The maximum Gasteiger partial charge on any atom is 0.161 e. The van der Waals surface area contributed by atoms with Gasteiger partial charge in [-0.15, -0.1) is 0 Å². The summed E-state index contributed by atoms with van der Waals surface area (Å²) >= 11 is 0. The Morgan fingerprint density at radius 3 is 2.74 bits per heavy atom. The first-order valence-corrected chi connectivity index (χ1v) is 7.80. The van der Waals surface area contributed by atoms with Gasteiger partial charge in [0.1, 0.15) is 5.76 Å². The van der Waals surface area contributed by atoms with Crippen molar-refractivity contribution >= 4 is 0 Å². The second-order valence-electron chi connectivity index (χ2n) is 5.90. The number of fused-ring (bicyclic) bond motifs is 1. The Kier molecular flexibility index (Phi) is 4.83. The van der Waals surface area contributed by atoms with Gasteiger partial charge in [-0.2, -0.15) is 0 Å². The summed E-state index contributed by atoms with van der Waals surface area (Å²) in [5.41, 5.74) is 1.67. The van der Waals surface area contributed by atoms with E-state index in [9.17, 15) is 5.11 Å². The lowest BCUT2D eigenvalue weighted by atomic mass is 10.1. The van der Waals surface area contributed by atoms with Gasteiger partial charge in [-0.1, -0.05) is 11.2 Å². The number of rotatable bonds is 5. The predicted molar refractivity (Wildman–Crippen MR) is 84.6 cm³/mol. The molecule has 3 rings (SSSR count). The minimum absolute atomic E-state index is 0.492. The molecule has 0 spiro atoms. The first kappa shape index (κ1) is 15.8. The van der Waals surface area contributed by atoms with Gasteiger partial charge in [0.15, 0.2) is 11.5 Å². The normalized spacial score (nSPS) is 15.5. The minimum atomic E-state index is -0.606. The van der Waals surface area contributed by atoms with Crippen LogP contribution < -0.4 is 9.47 Å². The Labute approximate surface area is 135 Å². The van der Waals surface area contributed by atoms with Gasteiger partial charge >= 0.3 is 0 Å². The highest BCUT2D eigenvalue weighted by Gasteiger charge is 2.16. The summed E-state index contributed by atoms with van der Waals surface area (Å²) in [6.07, 6.45) is 0.261. The van der Waals surface area contributed by atoms with Gasteiger partial charge in [0.25, 0.3) is 0 Å². The summed E-state index contributed by atoms with van der Waals surface area (Å²) in [5.74, 6) is 2.23. The molecule has 1 aliphatic heterocycles. The van der Waals surface area contributed by atoms with Crippen LogP contribution in [0.1, 0.15) is 29.5 Å². The van der Waals surface area contributed by atoms with Gasteiger partial charge in [0, 0.05) is 25.6 Å². The lowest BCUT2D eigenvalue weighted by Crippen LogP contribution is -2.24. The first-order chi connectivity index (χ1) is 11.1. The molecule has 2 aromatic rings. The van der Waals surface area contributed by atoms with Gasteiger partial charge in [-0.05, 0) is 31.7 Å². The maximum absolute atomic E-state index is 10.5. The molecule has 124 valence electrons.